The summed E-state index contributed by atoms with van der Waals surface area (Å²) in [6.07, 6.45) is 0. The zero-order valence-corrected chi connectivity index (χ0v) is 10.5. The number of aliphatic carboxylic acids is 1. The van der Waals surface area contributed by atoms with Gasteiger partial charge in [-0.25, -0.2) is 0 Å². The summed E-state index contributed by atoms with van der Waals surface area (Å²) in [4.78, 5) is 13.1. The van der Waals surface area contributed by atoms with E-state index in [1.807, 2.05) is 18.2 Å². The van der Waals surface area contributed by atoms with Crippen LogP contribution in [-0.2, 0) is 4.79 Å². The molecule has 1 fully saturated rings. The van der Waals surface area contributed by atoms with E-state index in [1.165, 1.54) is 11.8 Å². The second-order valence-electron chi connectivity index (χ2n) is 4.18. The summed E-state index contributed by atoms with van der Waals surface area (Å²) in [5.74, 6) is 1.56. The first kappa shape index (κ1) is 11.5. The van der Waals surface area contributed by atoms with Crippen LogP contribution < -0.4 is 14.4 Å². The predicted octanol–water partition coefficient (Wildman–Crippen LogP) is 1.42. The molecule has 96 valence electrons. The number of nitrogens with zero attached hydrogens (tertiary/aromatic N) is 1. The lowest BCUT2D eigenvalue weighted by molar-refractivity contribution is -0.136. The van der Waals surface area contributed by atoms with Gasteiger partial charge in [-0.05, 0) is 12.1 Å². The number of hydrogen-bond donors (Lipinski definition) is 1. The fraction of sp³-hybridized carbons (Fsp3) is 0.417. The lowest BCUT2D eigenvalue weighted by atomic mass is 10.2. The first-order valence-electron chi connectivity index (χ1n) is 5.73. The molecule has 0 spiro atoms. The zero-order valence-electron chi connectivity index (χ0n) is 9.67. The van der Waals surface area contributed by atoms with Crippen LogP contribution in [-0.4, -0.2) is 42.0 Å². The van der Waals surface area contributed by atoms with Crippen molar-refractivity contribution in [2.24, 2.45) is 0 Å². The monoisotopic (exact) mass is 267 g/mol. The van der Waals surface area contributed by atoms with E-state index in [-0.39, 0.29) is 12.0 Å². The van der Waals surface area contributed by atoms with Gasteiger partial charge >= 0.3 is 5.97 Å². The number of thioether (sulfide) groups is 1. The van der Waals surface area contributed by atoms with Crippen LogP contribution in [0.3, 0.4) is 0 Å². The summed E-state index contributed by atoms with van der Waals surface area (Å²) < 4.78 is 10.6. The Labute approximate surface area is 109 Å². The molecule has 1 atom stereocenters. The first-order valence-corrected chi connectivity index (χ1v) is 6.78. The normalized spacial score (nSPS) is 22.0. The molecule has 0 bridgehead atoms. The summed E-state index contributed by atoms with van der Waals surface area (Å²) in [6, 6.07) is 5.73. The molecule has 0 saturated carbocycles. The van der Waals surface area contributed by atoms with Gasteiger partial charge in [0, 0.05) is 30.6 Å². The molecule has 2 heterocycles. The molecule has 1 N–H and O–H groups in total. The lowest BCUT2D eigenvalue weighted by Gasteiger charge is -2.32. The highest BCUT2D eigenvalue weighted by Crippen LogP contribution is 2.36. The third-order valence-electron chi connectivity index (χ3n) is 3.06. The summed E-state index contributed by atoms with van der Waals surface area (Å²) in [7, 11) is 0. The Hall–Kier alpha value is -1.56. The van der Waals surface area contributed by atoms with Crippen LogP contribution in [0.1, 0.15) is 0 Å². The van der Waals surface area contributed by atoms with Gasteiger partial charge in [-0.2, -0.15) is 0 Å². The number of carbonyl (C=O) groups is 1. The number of carboxylic acid groups (broad SMARTS) is 1. The molecule has 6 heteroatoms. The molecule has 1 aromatic rings. The Balaban J connectivity index is 1.80. The highest BCUT2D eigenvalue weighted by Gasteiger charge is 2.27. The predicted molar refractivity (Wildman–Crippen MR) is 68.7 cm³/mol. The fourth-order valence-electron chi connectivity index (χ4n) is 2.12. The maximum atomic E-state index is 11.0. The molecule has 0 aromatic heterocycles. The Bertz CT molecular complexity index is 479. The zero-order chi connectivity index (χ0) is 12.5. The fourth-order valence-corrected chi connectivity index (χ4v) is 3.15. The molecule has 0 aliphatic carbocycles. The number of benzene rings is 1. The van der Waals surface area contributed by atoms with E-state index < -0.39 is 5.97 Å². The summed E-state index contributed by atoms with van der Waals surface area (Å²) in [6.45, 7) is 1.64. The Kier molecular flexibility index (Phi) is 2.95. The Morgan fingerprint density at radius 3 is 3.06 bits per heavy atom. The molecule has 18 heavy (non-hydrogen) atoms. The van der Waals surface area contributed by atoms with Gasteiger partial charge in [-0.1, -0.05) is 0 Å². The van der Waals surface area contributed by atoms with Crippen LogP contribution in [0.15, 0.2) is 18.2 Å². The van der Waals surface area contributed by atoms with Crippen molar-refractivity contribution >= 4 is 23.4 Å². The topological polar surface area (TPSA) is 59.0 Å². The van der Waals surface area contributed by atoms with Gasteiger partial charge in [0.2, 0.25) is 6.79 Å². The molecule has 1 saturated heterocycles. The highest BCUT2D eigenvalue weighted by atomic mass is 32.2. The molecular weight excluding hydrogens is 254 g/mol. The molecule has 1 aromatic carbocycles. The van der Waals surface area contributed by atoms with Crippen LogP contribution in [0.5, 0.6) is 11.5 Å². The third-order valence-corrected chi connectivity index (χ3v) is 4.23. The smallest absolute Gasteiger partial charge is 0.318 e. The second kappa shape index (κ2) is 4.61. The minimum atomic E-state index is -0.745. The second-order valence-corrected chi connectivity index (χ2v) is 5.49. The van der Waals surface area contributed by atoms with Crippen LogP contribution >= 0.6 is 11.8 Å². The van der Waals surface area contributed by atoms with Crippen molar-refractivity contribution in [1.29, 1.82) is 0 Å². The van der Waals surface area contributed by atoms with Crippen molar-refractivity contribution in [3.8, 4) is 11.5 Å². The van der Waals surface area contributed by atoms with Crippen molar-refractivity contribution in [2.45, 2.75) is 5.25 Å². The van der Waals surface area contributed by atoms with Crippen LogP contribution in [0.2, 0.25) is 0 Å². The van der Waals surface area contributed by atoms with Crippen LogP contribution in [0.4, 0.5) is 5.69 Å². The van der Waals surface area contributed by atoms with E-state index >= 15 is 0 Å². The summed E-state index contributed by atoms with van der Waals surface area (Å²) >= 11 is 1.50. The van der Waals surface area contributed by atoms with Gasteiger partial charge < -0.3 is 19.5 Å². The molecule has 0 radical (unpaired) electrons. The summed E-state index contributed by atoms with van der Waals surface area (Å²) in [5.41, 5.74) is 0.991. The number of ether oxygens (including phenoxy) is 2. The molecule has 5 nitrogen and oxygen atoms in total. The van der Waals surface area contributed by atoms with Crippen molar-refractivity contribution in [3.05, 3.63) is 18.2 Å². The van der Waals surface area contributed by atoms with E-state index in [9.17, 15) is 4.79 Å². The number of rotatable bonds is 2. The van der Waals surface area contributed by atoms with E-state index in [4.69, 9.17) is 14.6 Å². The first-order chi connectivity index (χ1) is 8.74. The molecule has 3 rings (SSSR count). The van der Waals surface area contributed by atoms with Gasteiger partial charge in [-0.3, -0.25) is 4.79 Å². The molecule has 1 unspecified atom stereocenters. The largest absolute Gasteiger partial charge is 0.480 e. The highest BCUT2D eigenvalue weighted by molar-refractivity contribution is 8.00. The van der Waals surface area contributed by atoms with Gasteiger partial charge in [0.1, 0.15) is 5.25 Å². The van der Waals surface area contributed by atoms with Crippen molar-refractivity contribution in [2.75, 3.05) is 30.5 Å². The lowest BCUT2D eigenvalue weighted by Crippen LogP contribution is -2.41. The molecular formula is C12H13NO4S. The van der Waals surface area contributed by atoms with E-state index in [2.05, 4.69) is 4.90 Å². The Morgan fingerprint density at radius 2 is 2.22 bits per heavy atom. The molecule has 2 aliphatic rings. The minimum absolute atomic E-state index is 0.256. The number of fused-ring (bicyclic) bond motifs is 1. The van der Waals surface area contributed by atoms with Crippen LogP contribution in [0, 0.1) is 0 Å². The van der Waals surface area contributed by atoms with Crippen molar-refractivity contribution < 1.29 is 19.4 Å². The van der Waals surface area contributed by atoms with E-state index in [0.717, 1.165) is 29.5 Å². The SMILES string of the molecule is O=C(O)C1CN(c2ccc3c(c2)OCO3)CCS1. The maximum absolute atomic E-state index is 11.0. The maximum Gasteiger partial charge on any atom is 0.318 e. The average Bonchev–Trinajstić information content (AvgIpc) is 2.86. The van der Waals surface area contributed by atoms with Crippen LogP contribution in [0.25, 0.3) is 0 Å². The quantitative estimate of drug-likeness (QED) is 0.874. The minimum Gasteiger partial charge on any atom is -0.480 e. The molecule has 0 amide bonds. The van der Waals surface area contributed by atoms with Gasteiger partial charge in [-0.15, -0.1) is 11.8 Å². The number of carboxylic acids is 1. The van der Waals surface area contributed by atoms with Gasteiger partial charge in [0.15, 0.2) is 11.5 Å². The van der Waals surface area contributed by atoms with E-state index in [0.29, 0.717) is 6.54 Å². The van der Waals surface area contributed by atoms with Gasteiger partial charge in [0.25, 0.3) is 0 Å². The van der Waals surface area contributed by atoms with Crippen molar-refractivity contribution in [1.82, 2.24) is 0 Å². The summed E-state index contributed by atoms with van der Waals surface area (Å²) in [5, 5.41) is 8.71. The third kappa shape index (κ3) is 2.08. The van der Waals surface area contributed by atoms with E-state index in [1.54, 1.807) is 0 Å². The Morgan fingerprint density at radius 1 is 1.39 bits per heavy atom. The number of hydrogen-bond acceptors (Lipinski definition) is 5. The standard InChI is InChI=1S/C12H13NO4S/c14-12(15)11-6-13(3-4-18-11)8-1-2-9-10(5-8)17-7-16-9/h1-2,5,11H,3-4,6-7H2,(H,14,15). The number of anilines is 1. The van der Waals surface area contributed by atoms with Crippen molar-refractivity contribution in [3.63, 3.8) is 0 Å². The van der Waals surface area contributed by atoms with Gasteiger partial charge in [0.05, 0.1) is 0 Å². The molecule has 2 aliphatic heterocycles. The average molecular weight is 267 g/mol.